The highest BCUT2D eigenvalue weighted by Gasteiger charge is 2.34. The van der Waals surface area contributed by atoms with E-state index < -0.39 is 0 Å². The SMILES string of the molecule is Cc1ccc(C2(CN)CCCN(C)C2)cn1. The summed E-state index contributed by atoms with van der Waals surface area (Å²) in [6.45, 7) is 4.96. The van der Waals surface area contributed by atoms with E-state index in [4.69, 9.17) is 5.73 Å². The summed E-state index contributed by atoms with van der Waals surface area (Å²) in [4.78, 5) is 6.77. The molecule has 0 aliphatic carbocycles. The van der Waals surface area contributed by atoms with Crippen molar-refractivity contribution in [2.45, 2.75) is 25.2 Å². The number of nitrogens with zero attached hydrogens (tertiary/aromatic N) is 2. The number of aryl methyl sites for hydroxylation is 1. The summed E-state index contributed by atoms with van der Waals surface area (Å²) in [5.41, 5.74) is 8.50. The van der Waals surface area contributed by atoms with Crippen molar-refractivity contribution in [1.29, 1.82) is 0 Å². The molecule has 1 unspecified atom stereocenters. The van der Waals surface area contributed by atoms with Gasteiger partial charge in [0.1, 0.15) is 0 Å². The highest BCUT2D eigenvalue weighted by molar-refractivity contribution is 5.25. The second kappa shape index (κ2) is 4.52. The maximum absolute atomic E-state index is 6.02. The van der Waals surface area contributed by atoms with Crippen LogP contribution < -0.4 is 5.73 Å². The molecule has 2 N–H and O–H groups in total. The molecule has 1 aromatic rings. The van der Waals surface area contributed by atoms with E-state index in [1.54, 1.807) is 0 Å². The van der Waals surface area contributed by atoms with Crippen LogP contribution in [0.3, 0.4) is 0 Å². The Balaban J connectivity index is 2.29. The summed E-state index contributed by atoms with van der Waals surface area (Å²) in [5.74, 6) is 0. The zero-order chi connectivity index (χ0) is 11.6. The van der Waals surface area contributed by atoms with Crippen LogP contribution in [0.4, 0.5) is 0 Å². The molecule has 16 heavy (non-hydrogen) atoms. The highest BCUT2D eigenvalue weighted by Crippen LogP contribution is 2.32. The average molecular weight is 219 g/mol. The Bertz CT molecular complexity index is 347. The van der Waals surface area contributed by atoms with Crippen molar-refractivity contribution in [3.8, 4) is 0 Å². The molecule has 0 amide bonds. The number of piperidine rings is 1. The van der Waals surface area contributed by atoms with Gasteiger partial charge in [-0.2, -0.15) is 0 Å². The van der Waals surface area contributed by atoms with E-state index >= 15 is 0 Å². The summed E-state index contributed by atoms with van der Waals surface area (Å²) in [5, 5.41) is 0. The van der Waals surface area contributed by atoms with Crippen LogP contribution in [0.2, 0.25) is 0 Å². The molecule has 0 aromatic carbocycles. The van der Waals surface area contributed by atoms with Gasteiger partial charge < -0.3 is 10.6 Å². The van der Waals surface area contributed by atoms with Gasteiger partial charge in [-0.1, -0.05) is 6.07 Å². The molecule has 1 aliphatic heterocycles. The highest BCUT2D eigenvalue weighted by atomic mass is 15.1. The van der Waals surface area contributed by atoms with Gasteiger partial charge in [0.25, 0.3) is 0 Å². The maximum Gasteiger partial charge on any atom is 0.0372 e. The molecule has 0 bridgehead atoms. The summed E-state index contributed by atoms with van der Waals surface area (Å²) in [6, 6.07) is 4.27. The quantitative estimate of drug-likeness (QED) is 0.815. The molecule has 0 spiro atoms. The van der Waals surface area contributed by atoms with Crippen molar-refractivity contribution in [2.24, 2.45) is 5.73 Å². The van der Waals surface area contributed by atoms with E-state index in [-0.39, 0.29) is 5.41 Å². The summed E-state index contributed by atoms with van der Waals surface area (Å²) >= 11 is 0. The van der Waals surface area contributed by atoms with Crippen LogP contribution in [0, 0.1) is 6.92 Å². The number of likely N-dealkylation sites (N-methyl/N-ethyl adjacent to an activating group) is 1. The molecule has 1 aromatic heterocycles. The van der Waals surface area contributed by atoms with E-state index in [0.717, 1.165) is 12.2 Å². The number of hydrogen-bond acceptors (Lipinski definition) is 3. The van der Waals surface area contributed by atoms with Gasteiger partial charge in [-0.15, -0.1) is 0 Å². The van der Waals surface area contributed by atoms with Crippen LogP contribution in [0.25, 0.3) is 0 Å². The molecule has 2 rings (SSSR count). The number of hydrogen-bond donors (Lipinski definition) is 1. The fourth-order valence-electron chi connectivity index (χ4n) is 2.66. The van der Waals surface area contributed by atoms with Gasteiger partial charge in [0.15, 0.2) is 0 Å². The van der Waals surface area contributed by atoms with Crippen LogP contribution in [-0.2, 0) is 5.41 Å². The third-order valence-electron chi connectivity index (χ3n) is 3.68. The van der Waals surface area contributed by atoms with Gasteiger partial charge in [-0.3, -0.25) is 4.98 Å². The first-order valence-electron chi connectivity index (χ1n) is 5.98. The van der Waals surface area contributed by atoms with Gasteiger partial charge in [0.05, 0.1) is 0 Å². The lowest BCUT2D eigenvalue weighted by molar-refractivity contribution is 0.179. The zero-order valence-corrected chi connectivity index (χ0v) is 10.2. The first-order valence-corrected chi connectivity index (χ1v) is 5.98. The van der Waals surface area contributed by atoms with E-state index in [1.807, 2.05) is 13.1 Å². The van der Waals surface area contributed by atoms with Gasteiger partial charge in [-0.05, 0) is 45.0 Å². The molecule has 1 saturated heterocycles. The van der Waals surface area contributed by atoms with Crippen molar-refractivity contribution in [1.82, 2.24) is 9.88 Å². The van der Waals surface area contributed by atoms with Crippen LogP contribution in [0.5, 0.6) is 0 Å². The van der Waals surface area contributed by atoms with E-state index in [2.05, 4.69) is 29.1 Å². The van der Waals surface area contributed by atoms with E-state index in [1.165, 1.54) is 24.9 Å². The number of rotatable bonds is 2. The normalized spacial score (nSPS) is 26.9. The minimum absolute atomic E-state index is 0.119. The largest absolute Gasteiger partial charge is 0.330 e. The van der Waals surface area contributed by atoms with Crippen LogP contribution >= 0.6 is 0 Å². The summed E-state index contributed by atoms with van der Waals surface area (Å²) in [7, 11) is 2.17. The van der Waals surface area contributed by atoms with Gasteiger partial charge in [-0.25, -0.2) is 0 Å². The Morgan fingerprint density at radius 2 is 2.31 bits per heavy atom. The van der Waals surface area contributed by atoms with Crippen molar-refractivity contribution in [3.63, 3.8) is 0 Å². The predicted molar refractivity (Wildman–Crippen MR) is 66.4 cm³/mol. The Morgan fingerprint density at radius 1 is 1.50 bits per heavy atom. The summed E-state index contributed by atoms with van der Waals surface area (Å²) < 4.78 is 0. The average Bonchev–Trinajstić information content (AvgIpc) is 2.29. The molecule has 2 heterocycles. The predicted octanol–water partition coefficient (Wildman–Crippen LogP) is 1.31. The van der Waals surface area contributed by atoms with E-state index in [0.29, 0.717) is 6.54 Å². The molecule has 1 fully saturated rings. The van der Waals surface area contributed by atoms with Crippen molar-refractivity contribution < 1.29 is 0 Å². The topological polar surface area (TPSA) is 42.1 Å². The Labute approximate surface area is 97.7 Å². The second-order valence-electron chi connectivity index (χ2n) is 5.01. The lowest BCUT2D eigenvalue weighted by Crippen LogP contribution is -2.48. The first kappa shape index (κ1) is 11.6. The van der Waals surface area contributed by atoms with Crippen LogP contribution in [0.1, 0.15) is 24.1 Å². The molecule has 3 nitrogen and oxygen atoms in total. The lowest BCUT2D eigenvalue weighted by Gasteiger charge is -2.41. The third-order valence-corrected chi connectivity index (χ3v) is 3.68. The molecule has 1 atom stereocenters. The van der Waals surface area contributed by atoms with Crippen molar-refractivity contribution in [3.05, 3.63) is 29.6 Å². The molecule has 3 heteroatoms. The Morgan fingerprint density at radius 3 is 2.88 bits per heavy atom. The molecule has 88 valence electrons. The van der Waals surface area contributed by atoms with Crippen LogP contribution in [-0.4, -0.2) is 36.6 Å². The van der Waals surface area contributed by atoms with Gasteiger partial charge >= 0.3 is 0 Å². The number of pyridine rings is 1. The fourth-order valence-corrected chi connectivity index (χ4v) is 2.66. The Hall–Kier alpha value is -0.930. The molecule has 1 aliphatic rings. The van der Waals surface area contributed by atoms with Gasteiger partial charge in [0.2, 0.25) is 0 Å². The Kier molecular flexibility index (Phi) is 3.26. The smallest absolute Gasteiger partial charge is 0.0372 e. The minimum atomic E-state index is 0.119. The zero-order valence-electron chi connectivity index (χ0n) is 10.2. The summed E-state index contributed by atoms with van der Waals surface area (Å²) in [6.07, 6.45) is 4.40. The number of nitrogens with two attached hydrogens (primary N) is 1. The monoisotopic (exact) mass is 219 g/mol. The molecular weight excluding hydrogens is 198 g/mol. The molecule has 0 saturated carbocycles. The second-order valence-corrected chi connectivity index (χ2v) is 5.01. The maximum atomic E-state index is 6.02. The first-order chi connectivity index (χ1) is 7.66. The number of likely N-dealkylation sites (tertiary alicyclic amines) is 1. The molecule has 0 radical (unpaired) electrons. The van der Waals surface area contributed by atoms with Crippen molar-refractivity contribution >= 4 is 0 Å². The molecular formula is C13H21N3. The minimum Gasteiger partial charge on any atom is -0.330 e. The van der Waals surface area contributed by atoms with Crippen LogP contribution in [0.15, 0.2) is 18.3 Å². The lowest BCUT2D eigenvalue weighted by atomic mass is 9.75. The fraction of sp³-hybridized carbons (Fsp3) is 0.615. The van der Waals surface area contributed by atoms with Gasteiger partial charge in [0, 0.05) is 30.4 Å². The van der Waals surface area contributed by atoms with Crippen molar-refractivity contribution in [2.75, 3.05) is 26.7 Å². The number of aromatic nitrogens is 1. The third kappa shape index (κ3) is 2.11. The van der Waals surface area contributed by atoms with E-state index in [9.17, 15) is 0 Å². The standard InChI is InChI=1S/C13H21N3/c1-11-4-5-12(8-15-11)13(9-14)6-3-7-16(2)10-13/h4-5,8H,3,6-7,9-10,14H2,1-2H3.